The maximum atomic E-state index is 3.61. The molecule has 0 radical (unpaired) electrons. The van der Waals surface area contributed by atoms with Crippen molar-refractivity contribution in [2.75, 3.05) is 25.0 Å². The van der Waals surface area contributed by atoms with Crippen molar-refractivity contribution in [2.24, 2.45) is 5.41 Å². The maximum Gasteiger partial charge on any atom is 0.0363 e. The maximum absolute atomic E-state index is 3.61. The monoisotopic (exact) mass is 276 g/mol. The fraction of sp³-hybridized carbons (Fsp3) is 0.667. The zero-order valence-corrected chi connectivity index (χ0v) is 14.2. The molecular formula is C18H32N2. The summed E-state index contributed by atoms with van der Waals surface area (Å²) in [5.74, 6) is 0. The lowest BCUT2D eigenvalue weighted by Crippen LogP contribution is -2.43. The van der Waals surface area contributed by atoms with Crippen LogP contribution in [0.15, 0.2) is 24.3 Å². The molecule has 1 aromatic rings. The second-order valence-corrected chi connectivity index (χ2v) is 6.79. The van der Waals surface area contributed by atoms with Gasteiger partial charge in [0.15, 0.2) is 0 Å². The van der Waals surface area contributed by atoms with Gasteiger partial charge in [0.25, 0.3) is 0 Å². The Hall–Kier alpha value is -1.02. The number of nitrogens with one attached hydrogen (secondary N) is 1. The van der Waals surface area contributed by atoms with Crippen LogP contribution >= 0.6 is 0 Å². The van der Waals surface area contributed by atoms with Gasteiger partial charge in [-0.15, -0.1) is 0 Å². The third-order valence-corrected chi connectivity index (χ3v) is 3.88. The summed E-state index contributed by atoms with van der Waals surface area (Å²) >= 11 is 0. The number of nitrogens with zero attached hydrogens (tertiary/aromatic N) is 1. The van der Waals surface area contributed by atoms with Crippen molar-refractivity contribution in [3.63, 3.8) is 0 Å². The molecule has 1 N–H and O–H groups in total. The highest BCUT2D eigenvalue weighted by molar-refractivity contribution is 5.46. The second kappa shape index (κ2) is 7.68. The van der Waals surface area contributed by atoms with Gasteiger partial charge in [0.2, 0.25) is 0 Å². The van der Waals surface area contributed by atoms with Crippen molar-refractivity contribution in [1.29, 1.82) is 0 Å². The van der Waals surface area contributed by atoms with E-state index >= 15 is 0 Å². The summed E-state index contributed by atoms with van der Waals surface area (Å²) in [4.78, 5) is 2.39. The minimum absolute atomic E-state index is 0.318. The molecule has 0 bridgehead atoms. The molecule has 0 saturated heterocycles. The van der Waals surface area contributed by atoms with Crippen molar-refractivity contribution >= 4 is 5.69 Å². The molecule has 1 atom stereocenters. The molecule has 0 saturated carbocycles. The number of benzene rings is 1. The van der Waals surface area contributed by atoms with Crippen LogP contribution in [0.5, 0.6) is 0 Å². The molecular weight excluding hydrogens is 244 g/mol. The molecule has 0 aliphatic carbocycles. The summed E-state index contributed by atoms with van der Waals surface area (Å²) < 4.78 is 0. The van der Waals surface area contributed by atoms with Gasteiger partial charge in [0, 0.05) is 31.9 Å². The lowest BCUT2D eigenvalue weighted by molar-refractivity contribution is 0.275. The summed E-state index contributed by atoms with van der Waals surface area (Å²) in [6.45, 7) is 13.4. The molecule has 2 nitrogen and oxygen atoms in total. The summed E-state index contributed by atoms with van der Waals surface area (Å²) in [5.41, 5.74) is 2.95. The van der Waals surface area contributed by atoms with Crippen molar-refractivity contribution in [3.05, 3.63) is 29.8 Å². The number of hydrogen-bond donors (Lipinski definition) is 1. The van der Waals surface area contributed by atoms with Crippen LogP contribution in [-0.2, 0) is 0 Å². The fourth-order valence-electron chi connectivity index (χ4n) is 2.74. The van der Waals surface area contributed by atoms with Gasteiger partial charge in [0.1, 0.15) is 0 Å². The minimum Gasteiger partial charge on any atom is -0.374 e. The van der Waals surface area contributed by atoms with E-state index in [1.807, 2.05) is 0 Å². The number of rotatable bonds is 8. The first kappa shape index (κ1) is 17.0. The van der Waals surface area contributed by atoms with Crippen molar-refractivity contribution < 1.29 is 0 Å². The van der Waals surface area contributed by atoms with Crippen molar-refractivity contribution in [1.82, 2.24) is 5.32 Å². The summed E-state index contributed by atoms with van der Waals surface area (Å²) in [6, 6.07) is 9.37. The van der Waals surface area contributed by atoms with Gasteiger partial charge in [-0.05, 0) is 30.9 Å². The Balaban J connectivity index is 2.70. The smallest absolute Gasteiger partial charge is 0.0363 e. The van der Waals surface area contributed by atoms with Crippen LogP contribution < -0.4 is 10.2 Å². The molecule has 0 aliphatic rings. The van der Waals surface area contributed by atoms with Crippen molar-refractivity contribution in [2.45, 2.75) is 53.5 Å². The van der Waals surface area contributed by atoms with Gasteiger partial charge in [-0.2, -0.15) is 0 Å². The number of anilines is 1. The Morgan fingerprint density at radius 1 is 1.20 bits per heavy atom. The highest BCUT2D eigenvalue weighted by Crippen LogP contribution is 2.26. The highest BCUT2D eigenvalue weighted by Gasteiger charge is 2.25. The van der Waals surface area contributed by atoms with E-state index in [1.165, 1.54) is 24.1 Å². The molecule has 114 valence electrons. The van der Waals surface area contributed by atoms with E-state index in [0.29, 0.717) is 11.5 Å². The topological polar surface area (TPSA) is 15.3 Å². The van der Waals surface area contributed by atoms with E-state index < -0.39 is 0 Å². The average molecular weight is 276 g/mol. The minimum atomic E-state index is 0.318. The van der Waals surface area contributed by atoms with E-state index in [1.54, 1.807) is 0 Å². The molecule has 1 unspecified atom stereocenters. The predicted molar refractivity (Wildman–Crippen MR) is 90.6 cm³/mol. The van der Waals surface area contributed by atoms with E-state index in [0.717, 1.165) is 13.1 Å². The highest BCUT2D eigenvalue weighted by atomic mass is 15.1. The lowest BCUT2D eigenvalue weighted by atomic mass is 9.84. The lowest BCUT2D eigenvalue weighted by Gasteiger charge is -2.36. The van der Waals surface area contributed by atoms with E-state index in [-0.39, 0.29) is 0 Å². The average Bonchev–Trinajstić information content (AvgIpc) is 2.37. The quantitative estimate of drug-likeness (QED) is 0.764. The number of aryl methyl sites for hydroxylation is 1. The Morgan fingerprint density at radius 2 is 1.80 bits per heavy atom. The van der Waals surface area contributed by atoms with Crippen molar-refractivity contribution in [3.8, 4) is 0 Å². The van der Waals surface area contributed by atoms with Gasteiger partial charge < -0.3 is 10.2 Å². The van der Waals surface area contributed by atoms with E-state index in [9.17, 15) is 0 Å². The Morgan fingerprint density at radius 3 is 2.30 bits per heavy atom. The van der Waals surface area contributed by atoms with Crippen LogP contribution in [0, 0.1) is 12.3 Å². The van der Waals surface area contributed by atoms with E-state index in [4.69, 9.17) is 0 Å². The van der Waals surface area contributed by atoms with Gasteiger partial charge in [-0.1, -0.05) is 51.8 Å². The molecule has 0 aliphatic heterocycles. The first-order valence-electron chi connectivity index (χ1n) is 7.87. The summed E-state index contributed by atoms with van der Waals surface area (Å²) in [6.07, 6.45) is 2.49. The van der Waals surface area contributed by atoms with E-state index in [2.05, 4.69) is 76.1 Å². The standard InChI is InChI=1S/C18H32N2/c1-7-12-18(5,13-19-15(2)3)14-20(6)17-10-8-16(4)9-11-17/h8-11,15,19H,7,12-14H2,1-6H3. The van der Waals surface area contributed by atoms with Crippen LogP contribution in [0.4, 0.5) is 5.69 Å². The fourth-order valence-corrected chi connectivity index (χ4v) is 2.74. The Bertz CT molecular complexity index is 383. The SMILES string of the molecule is CCCC(C)(CNC(C)C)CN(C)c1ccc(C)cc1. The molecule has 1 aromatic carbocycles. The van der Waals surface area contributed by atoms with Crippen LogP contribution in [0.3, 0.4) is 0 Å². The van der Waals surface area contributed by atoms with Crippen LogP contribution in [0.25, 0.3) is 0 Å². The molecule has 0 aromatic heterocycles. The van der Waals surface area contributed by atoms with Gasteiger partial charge in [0.05, 0.1) is 0 Å². The first-order chi connectivity index (χ1) is 9.36. The first-order valence-corrected chi connectivity index (χ1v) is 7.87. The van der Waals surface area contributed by atoms with Crippen LogP contribution in [0.1, 0.15) is 46.1 Å². The Labute approximate surface area is 125 Å². The van der Waals surface area contributed by atoms with Crippen LogP contribution in [-0.4, -0.2) is 26.2 Å². The summed E-state index contributed by atoms with van der Waals surface area (Å²) in [7, 11) is 2.20. The summed E-state index contributed by atoms with van der Waals surface area (Å²) in [5, 5.41) is 3.61. The second-order valence-electron chi connectivity index (χ2n) is 6.79. The molecule has 0 heterocycles. The molecule has 2 heteroatoms. The Kier molecular flexibility index (Phi) is 6.54. The molecule has 20 heavy (non-hydrogen) atoms. The van der Waals surface area contributed by atoms with Gasteiger partial charge >= 0.3 is 0 Å². The van der Waals surface area contributed by atoms with Crippen LogP contribution in [0.2, 0.25) is 0 Å². The molecule has 0 spiro atoms. The third kappa shape index (κ3) is 5.54. The normalized spacial score (nSPS) is 14.3. The molecule has 0 amide bonds. The molecule has 0 fully saturated rings. The zero-order chi connectivity index (χ0) is 15.2. The predicted octanol–water partition coefficient (Wildman–Crippen LogP) is 4.24. The molecule has 1 rings (SSSR count). The van der Waals surface area contributed by atoms with Gasteiger partial charge in [-0.3, -0.25) is 0 Å². The zero-order valence-electron chi connectivity index (χ0n) is 14.2. The third-order valence-electron chi connectivity index (χ3n) is 3.88. The van der Waals surface area contributed by atoms with Gasteiger partial charge in [-0.25, -0.2) is 0 Å². The largest absolute Gasteiger partial charge is 0.374 e. The number of hydrogen-bond acceptors (Lipinski definition) is 2.